The van der Waals surface area contributed by atoms with Crippen molar-refractivity contribution in [2.75, 3.05) is 0 Å². The molecule has 1 saturated heterocycles. The second-order valence-corrected chi connectivity index (χ2v) is 18.7. The minimum atomic E-state index is -1.71. The summed E-state index contributed by atoms with van der Waals surface area (Å²) in [6, 6.07) is 0. The van der Waals surface area contributed by atoms with Gasteiger partial charge in [-0.15, -0.1) is 10.3 Å². The lowest BCUT2D eigenvalue weighted by atomic mass is 9.71. The van der Waals surface area contributed by atoms with Crippen LogP contribution in [0.2, 0.25) is 39.3 Å². The van der Waals surface area contributed by atoms with Crippen LogP contribution in [0.4, 0.5) is 0 Å². The predicted octanol–water partition coefficient (Wildman–Crippen LogP) is 5.60. The van der Waals surface area contributed by atoms with Crippen LogP contribution in [0.25, 0.3) is 0 Å². The Morgan fingerprint density at radius 2 is 1.16 bits per heavy atom. The van der Waals surface area contributed by atoms with Crippen LogP contribution in [0.5, 0.6) is 0 Å². The molecule has 1 aliphatic heterocycles. The Morgan fingerprint density at radius 3 is 1.40 bits per heavy atom. The Kier molecular flexibility index (Phi) is 7.56. The highest BCUT2D eigenvalue weighted by molar-refractivity contribution is 6.70. The van der Waals surface area contributed by atoms with Gasteiger partial charge in [0, 0.05) is 0 Å². The van der Waals surface area contributed by atoms with Crippen molar-refractivity contribution in [3.05, 3.63) is 0 Å². The van der Waals surface area contributed by atoms with Crippen molar-refractivity contribution < 1.29 is 14.1 Å². The molecule has 0 bridgehead atoms. The molecule has 4 atom stereocenters. The van der Waals surface area contributed by atoms with Crippen molar-refractivity contribution in [1.82, 2.24) is 5.06 Å². The van der Waals surface area contributed by atoms with Crippen molar-refractivity contribution in [2.24, 2.45) is 0 Å². The molecule has 1 radical (unpaired) electrons. The van der Waals surface area contributed by atoms with Crippen molar-refractivity contribution in [1.29, 1.82) is 0 Å². The van der Waals surface area contributed by atoms with Gasteiger partial charge in [-0.1, -0.05) is 13.8 Å². The maximum Gasteiger partial charge on any atom is 0.184 e. The lowest BCUT2D eigenvalue weighted by Gasteiger charge is -2.57. The Bertz CT molecular complexity index is 397. The van der Waals surface area contributed by atoms with E-state index in [0.717, 1.165) is 32.1 Å². The third-order valence-electron chi connectivity index (χ3n) is 5.83. The summed E-state index contributed by atoms with van der Waals surface area (Å²) in [5, 5.41) is 15.3. The van der Waals surface area contributed by atoms with Gasteiger partial charge in [-0.05, 0) is 85.2 Å². The van der Waals surface area contributed by atoms with E-state index in [-0.39, 0.29) is 12.2 Å². The van der Waals surface area contributed by atoms with Crippen LogP contribution < -0.4 is 0 Å². The van der Waals surface area contributed by atoms with E-state index in [4.69, 9.17) is 8.85 Å². The predicted molar refractivity (Wildman–Crippen MR) is 110 cm³/mol. The standard InChI is InChI=1S/C19H42NO3Si2/c1-11-18(16(3)22-24(5,6)7)14-13-15-19(12-2,20(18)21)17(4)23-25(8,9)10/h16-17H,11-15H2,1-10H3/t16?,17?,18-,19-/m0/s1. The van der Waals surface area contributed by atoms with Crippen LogP contribution in [-0.2, 0) is 14.1 Å². The Balaban J connectivity index is 3.22. The van der Waals surface area contributed by atoms with E-state index in [1.165, 1.54) is 5.06 Å². The largest absolute Gasteiger partial charge is 0.413 e. The fourth-order valence-electron chi connectivity index (χ4n) is 4.58. The third kappa shape index (κ3) is 5.17. The highest BCUT2D eigenvalue weighted by Crippen LogP contribution is 2.47. The molecule has 0 aromatic carbocycles. The molecule has 1 aliphatic rings. The van der Waals surface area contributed by atoms with Crippen LogP contribution in [0, 0.1) is 0 Å². The molecule has 1 rings (SSSR count). The second-order valence-electron chi connectivity index (χ2n) is 9.81. The van der Waals surface area contributed by atoms with Crippen LogP contribution in [0.3, 0.4) is 0 Å². The van der Waals surface area contributed by atoms with Crippen molar-refractivity contribution in [3.63, 3.8) is 0 Å². The van der Waals surface area contributed by atoms with Crippen LogP contribution in [-0.4, -0.2) is 45.0 Å². The maximum atomic E-state index is 13.9. The first-order valence-corrected chi connectivity index (χ1v) is 16.9. The lowest BCUT2D eigenvalue weighted by molar-refractivity contribution is -0.335. The summed E-state index contributed by atoms with van der Waals surface area (Å²) in [6.45, 7) is 21.7. The van der Waals surface area contributed by atoms with Gasteiger partial charge in [0.15, 0.2) is 16.6 Å². The molecule has 2 unspecified atom stereocenters. The van der Waals surface area contributed by atoms with Gasteiger partial charge >= 0.3 is 0 Å². The first-order valence-electron chi connectivity index (χ1n) is 10.1. The molecule has 1 fully saturated rings. The fraction of sp³-hybridized carbons (Fsp3) is 1.00. The number of hydrogen-bond acceptors (Lipinski definition) is 3. The van der Waals surface area contributed by atoms with Gasteiger partial charge in [-0.25, -0.2) is 0 Å². The topological polar surface area (TPSA) is 41.6 Å². The zero-order valence-electron chi connectivity index (χ0n) is 18.4. The van der Waals surface area contributed by atoms with E-state index < -0.39 is 27.7 Å². The number of hydrogen-bond donors (Lipinski definition) is 0. The molecule has 0 saturated carbocycles. The molecule has 0 N–H and O–H groups in total. The monoisotopic (exact) mass is 388 g/mol. The SMILES string of the molecule is CC[C@@]1(C(C)O[Si](C)(C)C)CCC[C@@](CC)(C(C)O[Si](C)(C)C)N1[O]. The number of nitrogens with zero attached hydrogens (tertiary/aromatic N) is 1. The molecule has 0 aliphatic carbocycles. The highest BCUT2D eigenvalue weighted by Gasteiger charge is 2.57. The summed E-state index contributed by atoms with van der Waals surface area (Å²) >= 11 is 0. The Hall–Kier alpha value is 0.274. The van der Waals surface area contributed by atoms with Gasteiger partial charge in [0.25, 0.3) is 0 Å². The van der Waals surface area contributed by atoms with Gasteiger partial charge in [-0.3, -0.25) is 0 Å². The zero-order chi connectivity index (χ0) is 19.7. The average Bonchev–Trinajstić information content (AvgIpc) is 2.44. The fourth-order valence-corrected chi connectivity index (χ4v) is 7.14. The molecule has 1 heterocycles. The van der Waals surface area contributed by atoms with Gasteiger partial charge in [0.1, 0.15) is 0 Å². The smallest absolute Gasteiger partial charge is 0.184 e. The summed E-state index contributed by atoms with van der Waals surface area (Å²) in [5.41, 5.74) is -0.878. The third-order valence-corrected chi connectivity index (χ3v) is 7.95. The van der Waals surface area contributed by atoms with Crippen LogP contribution >= 0.6 is 0 Å². The average molecular weight is 389 g/mol. The van der Waals surface area contributed by atoms with E-state index in [1.54, 1.807) is 0 Å². The molecule has 6 heteroatoms. The first kappa shape index (κ1) is 23.3. The van der Waals surface area contributed by atoms with E-state index in [9.17, 15) is 5.21 Å². The van der Waals surface area contributed by atoms with Crippen LogP contribution in [0.15, 0.2) is 0 Å². The lowest BCUT2D eigenvalue weighted by Crippen LogP contribution is -2.70. The molecule has 25 heavy (non-hydrogen) atoms. The quantitative estimate of drug-likeness (QED) is 0.508. The van der Waals surface area contributed by atoms with E-state index in [1.807, 2.05) is 0 Å². The number of rotatable bonds is 8. The van der Waals surface area contributed by atoms with Gasteiger partial charge < -0.3 is 8.85 Å². The summed E-state index contributed by atoms with van der Waals surface area (Å²) < 4.78 is 12.9. The van der Waals surface area contributed by atoms with Gasteiger partial charge in [0.05, 0.1) is 23.3 Å². The molecule has 0 amide bonds. The molecule has 0 aromatic rings. The summed E-state index contributed by atoms with van der Waals surface area (Å²) in [4.78, 5) is 0. The second kappa shape index (κ2) is 8.11. The summed E-state index contributed by atoms with van der Waals surface area (Å²) in [7, 11) is -3.42. The van der Waals surface area contributed by atoms with E-state index in [2.05, 4.69) is 67.0 Å². The summed E-state index contributed by atoms with van der Waals surface area (Å²) in [5.74, 6) is 0. The molecular formula is C19H42NO3Si2. The minimum Gasteiger partial charge on any atom is -0.413 e. The number of piperidine rings is 1. The van der Waals surface area contributed by atoms with Crippen LogP contribution in [0.1, 0.15) is 59.8 Å². The van der Waals surface area contributed by atoms with Gasteiger partial charge in [-0.2, -0.15) is 0 Å². The zero-order valence-corrected chi connectivity index (χ0v) is 20.4. The van der Waals surface area contributed by atoms with Gasteiger partial charge in [0.2, 0.25) is 0 Å². The van der Waals surface area contributed by atoms with Crippen molar-refractivity contribution >= 4 is 16.6 Å². The number of hydroxylamine groups is 2. The van der Waals surface area contributed by atoms with E-state index in [0.29, 0.717) is 0 Å². The molecular weight excluding hydrogens is 346 g/mol. The van der Waals surface area contributed by atoms with Crippen molar-refractivity contribution in [2.45, 2.75) is 122 Å². The molecule has 0 aromatic heterocycles. The van der Waals surface area contributed by atoms with Crippen molar-refractivity contribution in [3.8, 4) is 0 Å². The minimum absolute atomic E-state index is 0.0491. The maximum absolute atomic E-state index is 13.9. The summed E-state index contributed by atoms with van der Waals surface area (Å²) in [6.07, 6.45) is 4.45. The highest BCUT2D eigenvalue weighted by atomic mass is 28.4. The van der Waals surface area contributed by atoms with E-state index >= 15 is 0 Å². The Labute approximate surface area is 158 Å². The Morgan fingerprint density at radius 1 is 0.840 bits per heavy atom. The first-order chi connectivity index (χ1) is 11.2. The molecule has 149 valence electrons. The molecule has 4 nitrogen and oxygen atoms in total. The molecule has 0 spiro atoms. The normalized spacial score (nSPS) is 31.8.